The Balaban J connectivity index is 2.10. The van der Waals surface area contributed by atoms with E-state index in [1.807, 2.05) is 7.05 Å². The van der Waals surface area contributed by atoms with Crippen LogP contribution in [0.5, 0.6) is 0 Å². The normalized spacial score (nSPS) is 22.9. The molecule has 1 saturated carbocycles. The first-order valence-electron chi connectivity index (χ1n) is 5.08. The minimum absolute atomic E-state index is 0.524. The van der Waals surface area contributed by atoms with E-state index >= 15 is 0 Å². The summed E-state index contributed by atoms with van der Waals surface area (Å²) in [5.74, 6) is 1.95. The maximum atomic E-state index is 3.20. The molecule has 0 aromatic heterocycles. The number of nitrogens with one attached hydrogen (secondary N) is 1. The topological polar surface area (TPSA) is 12.0 Å². The summed E-state index contributed by atoms with van der Waals surface area (Å²) in [4.78, 5) is 0. The summed E-state index contributed by atoms with van der Waals surface area (Å²) in [6.07, 6.45) is 8.78. The van der Waals surface area contributed by atoms with Crippen LogP contribution in [-0.2, 0) is 0 Å². The van der Waals surface area contributed by atoms with E-state index in [1.54, 1.807) is 0 Å². The lowest BCUT2D eigenvalue weighted by atomic mass is 10.0. The number of rotatable bonds is 5. The van der Waals surface area contributed by atoms with Crippen LogP contribution in [0.4, 0.5) is 0 Å². The van der Waals surface area contributed by atoms with Crippen molar-refractivity contribution in [3.8, 4) is 0 Å². The maximum absolute atomic E-state index is 3.20. The first-order valence-corrected chi connectivity index (χ1v) is 5.08. The Morgan fingerprint density at radius 1 is 1.42 bits per heavy atom. The van der Waals surface area contributed by atoms with Crippen LogP contribution < -0.4 is 5.32 Å². The maximum Gasteiger partial charge on any atom is 0.0218 e. The van der Waals surface area contributed by atoms with Crippen LogP contribution in [0.2, 0.25) is 0 Å². The summed E-state index contributed by atoms with van der Waals surface area (Å²) in [6, 6.07) is 0.524. The second-order valence-electron chi connectivity index (χ2n) is 4.06. The SMILES string of the molecule is CNC(C)C=CCC(C)C1CC1. The fourth-order valence-electron chi connectivity index (χ4n) is 1.45. The summed E-state index contributed by atoms with van der Waals surface area (Å²) >= 11 is 0. The lowest BCUT2D eigenvalue weighted by molar-refractivity contribution is 0.515. The molecule has 2 atom stereocenters. The number of hydrogen-bond donors (Lipinski definition) is 1. The van der Waals surface area contributed by atoms with Crippen LogP contribution in [0.25, 0.3) is 0 Å². The van der Waals surface area contributed by atoms with Gasteiger partial charge in [-0.3, -0.25) is 0 Å². The number of hydrogen-bond acceptors (Lipinski definition) is 1. The summed E-state index contributed by atoms with van der Waals surface area (Å²) < 4.78 is 0. The molecular weight excluding hydrogens is 146 g/mol. The van der Waals surface area contributed by atoms with E-state index in [4.69, 9.17) is 0 Å². The quantitative estimate of drug-likeness (QED) is 0.621. The van der Waals surface area contributed by atoms with E-state index in [1.165, 1.54) is 19.3 Å². The molecule has 2 unspecified atom stereocenters. The molecule has 1 nitrogen and oxygen atoms in total. The highest BCUT2D eigenvalue weighted by molar-refractivity contribution is 4.93. The smallest absolute Gasteiger partial charge is 0.0218 e. The van der Waals surface area contributed by atoms with Gasteiger partial charge in [0.25, 0.3) is 0 Å². The van der Waals surface area contributed by atoms with Gasteiger partial charge in [0.1, 0.15) is 0 Å². The van der Waals surface area contributed by atoms with Crippen LogP contribution in [0.15, 0.2) is 12.2 Å². The molecule has 70 valence electrons. The third kappa shape index (κ3) is 3.40. The van der Waals surface area contributed by atoms with Crippen LogP contribution in [0, 0.1) is 11.8 Å². The monoisotopic (exact) mass is 167 g/mol. The van der Waals surface area contributed by atoms with Gasteiger partial charge in [0.05, 0.1) is 0 Å². The summed E-state index contributed by atoms with van der Waals surface area (Å²) in [6.45, 7) is 4.55. The van der Waals surface area contributed by atoms with Crippen LogP contribution in [-0.4, -0.2) is 13.1 Å². The van der Waals surface area contributed by atoms with Gasteiger partial charge in [-0.15, -0.1) is 0 Å². The van der Waals surface area contributed by atoms with Gasteiger partial charge in [-0.05, 0) is 45.1 Å². The molecule has 1 aliphatic rings. The molecule has 0 heterocycles. The average Bonchev–Trinajstić information content (AvgIpc) is 2.86. The van der Waals surface area contributed by atoms with Crippen molar-refractivity contribution in [2.24, 2.45) is 11.8 Å². The van der Waals surface area contributed by atoms with Gasteiger partial charge in [0.2, 0.25) is 0 Å². The fourth-order valence-corrected chi connectivity index (χ4v) is 1.45. The van der Waals surface area contributed by atoms with Gasteiger partial charge < -0.3 is 5.32 Å². The first-order chi connectivity index (χ1) is 5.74. The minimum atomic E-state index is 0.524. The van der Waals surface area contributed by atoms with Crippen molar-refractivity contribution in [2.75, 3.05) is 7.05 Å². The van der Waals surface area contributed by atoms with E-state index in [2.05, 4.69) is 31.3 Å². The van der Waals surface area contributed by atoms with Gasteiger partial charge in [0.15, 0.2) is 0 Å². The van der Waals surface area contributed by atoms with Gasteiger partial charge in [0, 0.05) is 6.04 Å². The predicted octanol–water partition coefficient (Wildman–Crippen LogP) is 2.59. The van der Waals surface area contributed by atoms with E-state index < -0.39 is 0 Å². The highest BCUT2D eigenvalue weighted by atomic mass is 14.8. The third-order valence-corrected chi connectivity index (χ3v) is 2.81. The lowest BCUT2D eigenvalue weighted by Gasteiger charge is -2.06. The Labute approximate surface area is 76.2 Å². The summed E-state index contributed by atoms with van der Waals surface area (Å²) in [7, 11) is 2.00. The van der Waals surface area contributed by atoms with Gasteiger partial charge in [-0.1, -0.05) is 19.1 Å². The largest absolute Gasteiger partial charge is 0.314 e. The molecule has 0 saturated heterocycles. The van der Waals surface area contributed by atoms with Crippen molar-refractivity contribution in [1.82, 2.24) is 5.32 Å². The molecular formula is C11H21N. The molecule has 12 heavy (non-hydrogen) atoms. The van der Waals surface area contributed by atoms with Crippen molar-refractivity contribution >= 4 is 0 Å². The molecule has 0 aromatic carbocycles. The zero-order valence-electron chi connectivity index (χ0n) is 8.51. The molecule has 0 amide bonds. The summed E-state index contributed by atoms with van der Waals surface area (Å²) in [5.41, 5.74) is 0. The van der Waals surface area contributed by atoms with Crippen molar-refractivity contribution in [3.05, 3.63) is 12.2 Å². The Morgan fingerprint density at radius 2 is 2.08 bits per heavy atom. The highest BCUT2D eigenvalue weighted by Gasteiger charge is 2.26. The number of likely N-dealkylation sites (N-methyl/N-ethyl adjacent to an activating group) is 1. The zero-order valence-corrected chi connectivity index (χ0v) is 8.51. The van der Waals surface area contributed by atoms with Crippen LogP contribution in [0.3, 0.4) is 0 Å². The Morgan fingerprint density at radius 3 is 2.58 bits per heavy atom. The van der Waals surface area contributed by atoms with Crippen molar-refractivity contribution in [2.45, 2.75) is 39.2 Å². The Hall–Kier alpha value is -0.300. The van der Waals surface area contributed by atoms with Gasteiger partial charge >= 0.3 is 0 Å². The van der Waals surface area contributed by atoms with Gasteiger partial charge in [-0.2, -0.15) is 0 Å². The molecule has 1 N–H and O–H groups in total. The standard InChI is InChI=1S/C11H21N/c1-9(11-7-8-11)5-4-6-10(2)12-3/h4,6,9-12H,5,7-8H2,1-3H3. The lowest BCUT2D eigenvalue weighted by Crippen LogP contribution is -2.17. The molecule has 1 aliphatic carbocycles. The molecule has 0 bridgehead atoms. The second kappa shape index (κ2) is 4.66. The average molecular weight is 167 g/mol. The van der Waals surface area contributed by atoms with E-state index in [0.29, 0.717) is 6.04 Å². The van der Waals surface area contributed by atoms with Gasteiger partial charge in [-0.25, -0.2) is 0 Å². The fraction of sp³-hybridized carbons (Fsp3) is 0.818. The second-order valence-corrected chi connectivity index (χ2v) is 4.06. The Kier molecular flexibility index (Phi) is 3.80. The van der Waals surface area contributed by atoms with Crippen LogP contribution in [0.1, 0.15) is 33.1 Å². The van der Waals surface area contributed by atoms with E-state index in [9.17, 15) is 0 Å². The van der Waals surface area contributed by atoms with Crippen molar-refractivity contribution in [1.29, 1.82) is 0 Å². The predicted molar refractivity (Wildman–Crippen MR) is 54.2 cm³/mol. The van der Waals surface area contributed by atoms with Crippen LogP contribution >= 0.6 is 0 Å². The molecule has 1 rings (SSSR count). The molecule has 0 spiro atoms. The van der Waals surface area contributed by atoms with E-state index in [-0.39, 0.29) is 0 Å². The molecule has 0 aliphatic heterocycles. The third-order valence-electron chi connectivity index (χ3n) is 2.81. The molecule has 0 radical (unpaired) electrons. The minimum Gasteiger partial charge on any atom is -0.314 e. The van der Waals surface area contributed by atoms with Crippen molar-refractivity contribution < 1.29 is 0 Å². The van der Waals surface area contributed by atoms with E-state index in [0.717, 1.165) is 11.8 Å². The number of allylic oxidation sites excluding steroid dienone is 1. The molecule has 0 aromatic rings. The van der Waals surface area contributed by atoms with Crippen molar-refractivity contribution in [3.63, 3.8) is 0 Å². The molecule has 1 fully saturated rings. The highest BCUT2D eigenvalue weighted by Crippen LogP contribution is 2.38. The Bertz CT molecular complexity index is 147. The molecule has 1 heteroatoms. The first kappa shape index (κ1) is 9.79. The zero-order chi connectivity index (χ0) is 8.97. The summed E-state index contributed by atoms with van der Waals surface area (Å²) in [5, 5.41) is 3.20.